The summed E-state index contributed by atoms with van der Waals surface area (Å²) in [6.45, 7) is 13.4. The number of rotatable bonds is 17. The zero-order valence-corrected chi connectivity index (χ0v) is 37.4. The number of esters is 1. The minimum atomic E-state index is -1.14. The van der Waals surface area contributed by atoms with Gasteiger partial charge < -0.3 is 34.2 Å². The molecule has 2 amide bonds. The molecule has 12 nitrogen and oxygen atoms in total. The molecule has 0 aliphatic heterocycles. The van der Waals surface area contributed by atoms with Gasteiger partial charge in [-0.05, 0) is 178 Å². The molecule has 1 heterocycles. The summed E-state index contributed by atoms with van der Waals surface area (Å²) < 4.78 is 19.6. The summed E-state index contributed by atoms with van der Waals surface area (Å²) in [6, 6.07) is 13.0. The summed E-state index contributed by atoms with van der Waals surface area (Å²) in [6.07, 6.45) is 6.77. The molecule has 2 aromatic carbocycles. The van der Waals surface area contributed by atoms with Gasteiger partial charge in [0.2, 0.25) is 0 Å². The first kappa shape index (κ1) is 44.1. The maximum absolute atomic E-state index is 14.8. The molecule has 0 unspecified atom stereocenters. The van der Waals surface area contributed by atoms with Crippen molar-refractivity contribution in [2.24, 2.45) is 23.7 Å². The lowest BCUT2D eigenvalue weighted by Crippen LogP contribution is -2.71. The molecule has 3 aromatic rings. The highest BCUT2D eigenvalue weighted by atomic mass is 16.6. The molecule has 322 valence electrons. The van der Waals surface area contributed by atoms with Crippen LogP contribution < -0.4 is 14.8 Å². The van der Waals surface area contributed by atoms with Gasteiger partial charge in [0.05, 0.1) is 31.2 Å². The number of aromatic nitrogens is 2. The molecule has 4 aliphatic carbocycles. The molecule has 4 aliphatic rings. The second-order valence-corrected chi connectivity index (χ2v) is 19.0. The van der Waals surface area contributed by atoms with Crippen molar-refractivity contribution in [1.29, 1.82) is 0 Å². The zero-order valence-electron chi connectivity index (χ0n) is 37.4. The number of ether oxygens (including phenoxy) is 3. The Kier molecular flexibility index (Phi) is 13.5. The van der Waals surface area contributed by atoms with E-state index in [2.05, 4.69) is 50.1 Å². The number of carbonyl (C=O) groups is 3. The monoisotopic (exact) mass is 813 g/mol. The Hall–Kier alpha value is -4.42. The third kappa shape index (κ3) is 9.49. The van der Waals surface area contributed by atoms with Crippen LogP contribution >= 0.6 is 0 Å². The lowest BCUT2D eigenvalue weighted by molar-refractivity contribution is -0.180. The lowest BCUT2D eigenvalue weighted by atomic mass is 9.48. The van der Waals surface area contributed by atoms with Crippen LogP contribution in [0.2, 0.25) is 0 Å². The number of nitrogens with zero attached hydrogens (tertiary/aromatic N) is 5. The van der Waals surface area contributed by atoms with E-state index in [1.54, 1.807) is 29.9 Å². The van der Waals surface area contributed by atoms with Crippen molar-refractivity contribution < 1.29 is 28.6 Å². The van der Waals surface area contributed by atoms with Gasteiger partial charge in [-0.3, -0.25) is 9.59 Å². The van der Waals surface area contributed by atoms with E-state index in [4.69, 9.17) is 19.3 Å². The Labute approximate surface area is 351 Å². The van der Waals surface area contributed by atoms with Gasteiger partial charge in [-0.15, -0.1) is 0 Å². The first-order chi connectivity index (χ1) is 27.9. The lowest BCUT2D eigenvalue weighted by Gasteiger charge is -2.59. The van der Waals surface area contributed by atoms with Crippen LogP contribution in [0.4, 0.5) is 0 Å². The highest BCUT2D eigenvalue weighted by molar-refractivity contribution is 5.99. The SMILES string of the molecule is COc1cccc(OC)c1-c1cc(C(=O)NC2(C(=O)OC(C)(C)C)C3CC4CC(C3)CC2C4)nn1-c1ccc(C(=O)N(C)CCCN(C)CCCN(C)C)cc1C(C)C. The number of carbonyl (C=O) groups excluding carboxylic acids is 3. The van der Waals surface area contributed by atoms with Crippen LogP contribution in [-0.4, -0.2) is 122 Å². The van der Waals surface area contributed by atoms with Crippen LogP contribution in [0.25, 0.3) is 16.9 Å². The molecule has 4 fully saturated rings. The standard InChI is InChI=1S/C47H68N6O6/c1-30(2)36-28-33(44(55)52(9)22-14-21-51(8)20-13-19-50(6)7)17-18-38(36)53-39(42-40(57-10)15-12-16-41(42)58-11)29-37(49-53)43(54)48-47(45(56)59-46(3,4)5)34-24-31-23-32(26-34)27-35(47)25-31/h12,15-18,28-32,34-35H,13-14,19-27H2,1-11H3,(H,48,54). The van der Waals surface area contributed by atoms with Gasteiger partial charge in [0.15, 0.2) is 5.69 Å². The zero-order chi connectivity index (χ0) is 42.8. The number of amides is 2. The molecular formula is C47H68N6O6. The van der Waals surface area contributed by atoms with Crippen molar-refractivity contribution in [3.05, 3.63) is 59.3 Å². The third-order valence-electron chi connectivity index (χ3n) is 12.8. The summed E-state index contributed by atoms with van der Waals surface area (Å²) in [7, 11) is 11.4. The van der Waals surface area contributed by atoms with Gasteiger partial charge in [-0.25, -0.2) is 9.48 Å². The van der Waals surface area contributed by atoms with Crippen LogP contribution in [0.5, 0.6) is 11.5 Å². The molecule has 4 saturated carbocycles. The quantitative estimate of drug-likeness (QED) is 0.140. The number of methoxy groups -OCH3 is 2. The number of hydrogen-bond donors (Lipinski definition) is 1. The smallest absolute Gasteiger partial charge is 0.332 e. The summed E-state index contributed by atoms with van der Waals surface area (Å²) in [4.78, 5) is 49.3. The van der Waals surface area contributed by atoms with Gasteiger partial charge in [0.25, 0.3) is 11.8 Å². The predicted molar refractivity (Wildman–Crippen MR) is 232 cm³/mol. The molecule has 59 heavy (non-hydrogen) atoms. The first-order valence-electron chi connectivity index (χ1n) is 21.6. The molecule has 0 radical (unpaired) electrons. The van der Waals surface area contributed by atoms with E-state index in [-0.39, 0.29) is 35.3 Å². The Bertz CT molecular complexity index is 1930. The molecule has 1 N–H and O–H groups in total. The summed E-state index contributed by atoms with van der Waals surface area (Å²) in [5.41, 5.74) is 1.71. The van der Waals surface area contributed by atoms with Crippen LogP contribution in [-0.2, 0) is 9.53 Å². The minimum absolute atomic E-state index is 0.00170. The van der Waals surface area contributed by atoms with E-state index < -0.39 is 17.0 Å². The summed E-state index contributed by atoms with van der Waals surface area (Å²) in [5.74, 6) is 1.40. The largest absolute Gasteiger partial charge is 0.496 e. The second-order valence-electron chi connectivity index (χ2n) is 19.0. The fourth-order valence-electron chi connectivity index (χ4n) is 10.1. The van der Waals surface area contributed by atoms with Crippen molar-refractivity contribution in [3.63, 3.8) is 0 Å². The highest BCUT2D eigenvalue weighted by Gasteiger charge is 2.63. The number of benzene rings is 2. The van der Waals surface area contributed by atoms with Gasteiger partial charge >= 0.3 is 5.97 Å². The average molecular weight is 813 g/mol. The van der Waals surface area contributed by atoms with E-state index in [1.165, 1.54) is 6.42 Å². The number of hydrogen-bond acceptors (Lipinski definition) is 9. The first-order valence-corrected chi connectivity index (χ1v) is 21.6. The van der Waals surface area contributed by atoms with Gasteiger partial charge in [-0.1, -0.05) is 19.9 Å². The molecule has 0 atom stereocenters. The van der Waals surface area contributed by atoms with Crippen molar-refractivity contribution in [2.45, 2.75) is 96.6 Å². The third-order valence-corrected chi connectivity index (χ3v) is 12.8. The van der Waals surface area contributed by atoms with E-state index >= 15 is 0 Å². The molecule has 7 rings (SSSR count). The maximum atomic E-state index is 14.8. The van der Waals surface area contributed by atoms with Crippen molar-refractivity contribution in [2.75, 3.05) is 68.6 Å². The fourth-order valence-corrected chi connectivity index (χ4v) is 10.1. The summed E-state index contributed by atoms with van der Waals surface area (Å²) in [5, 5.41) is 8.35. The Morgan fingerprint density at radius 1 is 0.847 bits per heavy atom. The molecule has 1 aromatic heterocycles. The van der Waals surface area contributed by atoms with E-state index in [0.29, 0.717) is 46.7 Å². The molecule has 12 heteroatoms. The Balaban J connectivity index is 1.35. The fraction of sp³-hybridized carbons (Fsp3) is 0.617. The van der Waals surface area contributed by atoms with Gasteiger partial charge in [0, 0.05) is 19.2 Å². The Morgan fingerprint density at radius 2 is 1.44 bits per heavy atom. The van der Waals surface area contributed by atoms with E-state index in [1.807, 2.05) is 64.2 Å². The number of nitrogens with one attached hydrogen (secondary N) is 1. The minimum Gasteiger partial charge on any atom is -0.496 e. The van der Waals surface area contributed by atoms with Crippen molar-refractivity contribution >= 4 is 17.8 Å². The van der Waals surface area contributed by atoms with Crippen LogP contribution in [0.1, 0.15) is 112 Å². The highest BCUT2D eigenvalue weighted by Crippen LogP contribution is 2.59. The average Bonchev–Trinajstić information content (AvgIpc) is 3.62. The summed E-state index contributed by atoms with van der Waals surface area (Å²) >= 11 is 0. The second kappa shape index (κ2) is 18.1. The van der Waals surface area contributed by atoms with E-state index in [9.17, 15) is 14.4 Å². The van der Waals surface area contributed by atoms with Crippen molar-refractivity contribution in [1.82, 2.24) is 29.8 Å². The van der Waals surface area contributed by atoms with Crippen molar-refractivity contribution in [3.8, 4) is 28.4 Å². The van der Waals surface area contributed by atoms with E-state index in [0.717, 1.165) is 69.4 Å². The maximum Gasteiger partial charge on any atom is 0.332 e. The predicted octanol–water partition coefficient (Wildman–Crippen LogP) is 7.29. The molecule has 0 spiro atoms. The van der Waals surface area contributed by atoms with Crippen LogP contribution in [0.3, 0.4) is 0 Å². The molecule has 4 bridgehead atoms. The van der Waals surface area contributed by atoms with Gasteiger partial charge in [-0.2, -0.15) is 5.10 Å². The normalized spacial score (nSPS) is 22.3. The molecule has 0 saturated heterocycles. The Morgan fingerprint density at radius 3 is 1.98 bits per heavy atom. The molecular weight excluding hydrogens is 745 g/mol. The van der Waals surface area contributed by atoms with Gasteiger partial charge in [0.1, 0.15) is 22.6 Å². The van der Waals surface area contributed by atoms with Crippen LogP contribution in [0, 0.1) is 23.7 Å². The van der Waals surface area contributed by atoms with Crippen LogP contribution in [0.15, 0.2) is 42.5 Å². The topological polar surface area (TPSA) is 118 Å².